The first-order valence-electron chi connectivity index (χ1n) is 8.92. The molecule has 4 nitrogen and oxygen atoms in total. The largest absolute Gasteiger partial charge is 0.475 e. The van der Waals surface area contributed by atoms with Gasteiger partial charge in [0.25, 0.3) is 0 Å². The molecule has 0 radical (unpaired) electrons. The number of unbranched alkanes of at least 4 members (excludes halogenated alkanes) is 1. The summed E-state index contributed by atoms with van der Waals surface area (Å²) in [4.78, 5) is 0. The number of rotatable bonds is 9. The van der Waals surface area contributed by atoms with Gasteiger partial charge in [-0.1, -0.05) is 61.9 Å². The van der Waals surface area contributed by atoms with Crippen LogP contribution in [0.3, 0.4) is 0 Å². The van der Waals surface area contributed by atoms with Gasteiger partial charge >= 0.3 is 0 Å². The fraction of sp³-hybridized carbons (Fsp3) is 0.286. The van der Waals surface area contributed by atoms with Gasteiger partial charge in [0.1, 0.15) is 6.61 Å². The van der Waals surface area contributed by atoms with Crippen molar-refractivity contribution in [2.75, 3.05) is 19.7 Å². The number of hydrogen-bond acceptors (Lipinski definition) is 3. The molecule has 0 aliphatic carbocycles. The predicted octanol–water partition coefficient (Wildman–Crippen LogP) is 4.31. The van der Waals surface area contributed by atoms with E-state index in [0.29, 0.717) is 12.5 Å². The molecule has 0 bridgehead atoms. The molecule has 0 saturated heterocycles. The van der Waals surface area contributed by atoms with E-state index in [1.54, 1.807) is 0 Å². The zero-order chi connectivity index (χ0) is 17.3. The number of para-hydroxylation sites is 1. The third-order valence-electron chi connectivity index (χ3n) is 4.01. The molecule has 1 aromatic heterocycles. The summed E-state index contributed by atoms with van der Waals surface area (Å²) >= 11 is 0. The number of hydrogen-bond donors (Lipinski definition) is 1. The Kier molecular flexibility index (Phi) is 6.23. The van der Waals surface area contributed by atoms with Crippen LogP contribution < -0.4 is 10.1 Å². The quantitative estimate of drug-likeness (QED) is 0.592. The summed E-state index contributed by atoms with van der Waals surface area (Å²) in [7, 11) is 0. The van der Waals surface area contributed by atoms with E-state index in [-0.39, 0.29) is 0 Å². The summed E-state index contributed by atoms with van der Waals surface area (Å²) in [5, 5.41) is 8.05. The zero-order valence-corrected chi connectivity index (χ0v) is 14.7. The highest BCUT2D eigenvalue weighted by Crippen LogP contribution is 2.29. The van der Waals surface area contributed by atoms with Gasteiger partial charge in [0.15, 0.2) is 0 Å². The molecule has 0 atom stereocenters. The van der Waals surface area contributed by atoms with Crippen molar-refractivity contribution in [1.82, 2.24) is 15.1 Å². The molecule has 0 spiro atoms. The van der Waals surface area contributed by atoms with E-state index in [1.807, 2.05) is 59.4 Å². The summed E-state index contributed by atoms with van der Waals surface area (Å²) in [6.45, 7) is 4.66. The molecule has 2 aromatic carbocycles. The lowest BCUT2D eigenvalue weighted by molar-refractivity contribution is 0.301. The van der Waals surface area contributed by atoms with Gasteiger partial charge in [-0.25, -0.2) is 4.68 Å². The molecule has 1 N–H and O–H groups in total. The topological polar surface area (TPSA) is 39.1 Å². The predicted molar refractivity (Wildman–Crippen MR) is 102 cm³/mol. The van der Waals surface area contributed by atoms with Crippen LogP contribution in [0.15, 0.2) is 66.9 Å². The SMILES string of the molecule is CCCCNCCOc1nn(-c2ccccc2)cc1-c1ccccc1. The lowest BCUT2D eigenvalue weighted by Gasteiger charge is -2.07. The molecule has 25 heavy (non-hydrogen) atoms. The van der Waals surface area contributed by atoms with Crippen molar-refractivity contribution in [2.24, 2.45) is 0 Å². The van der Waals surface area contributed by atoms with Gasteiger partial charge in [-0.15, -0.1) is 5.10 Å². The van der Waals surface area contributed by atoms with Crippen LogP contribution in [0.25, 0.3) is 16.8 Å². The Morgan fingerprint density at radius 2 is 1.68 bits per heavy atom. The van der Waals surface area contributed by atoms with Crippen molar-refractivity contribution in [3.63, 3.8) is 0 Å². The van der Waals surface area contributed by atoms with Crippen molar-refractivity contribution in [1.29, 1.82) is 0 Å². The van der Waals surface area contributed by atoms with E-state index in [9.17, 15) is 0 Å². The molecule has 0 amide bonds. The Balaban J connectivity index is 1.76. The van der Waals surface area contributed by atoms with Gasteiger partial charge in [0.05, 0.1) is 11.3 Å². The Morgan fingerprint density at radius 3 is 2.40 bits per heavy atom. The van der Waals surface area contributed by atoms with Crippen LogP contribution in [0, 0.1) is 0 Å². The molecule has 0 aliphatic rings. The van der Waals surface area contributed by atoms with Crippen LogP contribution in [-0.2, 0) is 0 Å². The lowest BCUT2D eigenvalue weighted by atomic mass is 10.1. The summed E-state index contributed by atoms with van der Waals surface area (Å²) < 4.78 is 7.86. The average Bonchev–Trinajstić information content (AvgIpc) is 3.10. The lowest BCUT2D eigenvalue weighted by Crippen LogP contribution is -2.22. The monoisotopic (exact) mass is 335 g/mol. The Bertz CT molecular complexity index is 753. The van der Waals surface area contributed by atoms with Crippen molar-refractivity contribution >= 4 is 0 Å². The highest BCUT2D eigenvalue weighted by atomic mass is 16.5. The molecule has 0 unspecified atom stereocenters. The fourth-order valence-electron chi connectivity index (χ4n) is 2.64. The van der Waals surface area contributed by atoms with Crippen molar-refractivity contribution < 1.29 is 4.74 Å². The van der Waals surface area contributed by atoms with Crippen LogP contribution in [0.4, 0.5) is 0 Å². The van der Waals surface area contributed by atoms with Crippen LogP contribution in [0.2, 0.25) is 0 Å². The minimum absolute atomic E-state index is 0.606. The van der Waals surface area contributed by atoms with Gasteiger partial charge in [0, 0.05) is 12.7 Å². The Labute approximate surface area is 149 Å². The highest BCUT2D eigenvalue weighted by Gasteiger charge is 2.13. The van der Waals surface area contributed by atoms with Crippen LogP contribution in [0.1, 0.15) is 19.8 Å². The molecule has 3 aromatic rings. The number of ether oxygens (including phenoxy) is 1. The third kappa shape index (κ3) is 4.70. The maximum absolute atomic E-state index is 5.98. The maximum atomic E-state index is 5.98. The normalized spacial score (nSPS) is 10.8. The molecule has 130 valence electrons. The van der Waals surface area contributed by atoms with Gasteiger partial charge in [-0.2, -0.15) is 0 Å². The van der Waals surface area contributed by atoms with Crippen molar-refractivity contribution in [3.8, 4) is 22.7 Å². The van der Waals surface area contributed by atoms with E-state index in [0.717, 1.165) is 29.9 Å². The minimum atomic E-state index is 0.606. The second kappa shape index (κ2) is 9.04. The van der Waals surface area contributed by atoms with E-state index in [2.05, 4.69) is 29.5 Å². The Morgan fingerprint density at radius 1 is 0.960 bits per heavy atom. The molecule has 3 rings (SSSR count). The van der Waals surface area contributed by atoms with Gasteiger partial charge < -0.3 is 10.1 Å². The number of benzene rings is 2. The number of aromatic nitrogens is 2. The van der Waals surface area contributed by atoms with Gasteiger partial charge in [0.2, 0.25) is 5.88 Å². The maximum Gasteiger partial charge on any atom is 0.241 e. The molecular formula is C21H25N3O. The van der Waals surface area contributed by atoms with E-state index in [4.69, 9.17) is 4.74 Å². The first kappa shape index (κ1) is 17.2. The van der Waals surface area contributed by atoms with Gasteiger partial charge in [-0.05, 0) is 30.7 Å². The summed E-state index contributed by atoms with van der Waals surface area (Å²) in [6, 6.07) is 20.4. The molecule has 0 saturated carbocycles. The zero-order valence-electron chi connectivity index (χ0n) is 14.7. The highest BCUT2D eigenvalue weighted by molar-refractivity contribution is 5.68. The van der Waals surface area contributed by atoms with E-state index in [1.165, 1.54) is 12.8 Å². The second-order valence-corrected chi connectivity index (χ2v) is 5.95. The number of nitrogens with one attached hydrogen (secondary N) is 1. The van der Waals surface area contributed by atoms with E-state index >= 15 is 0 Å². The first-order valence-corrected chi connectivity index (χ1v) is 8.92. The molecule has 4 heteroatoms. The summed E-state index contributed by atoms with van der Waals surface area (Å²) in [6.07, 6.45) is 4.43. The average molecular weight is 335 g/mol. The molecular weight excluding hydrogens is 310 g/mol. The second-order valence-electron chi connectivity index (χ2n) is 5.95. The molecule has 1 heterocycles. The summed E-state index contributed by atoms with van der Waals surface area (Å²) in [5.41, 5.74) is 3.15. The number of nitrogens with zero attached hydrogens (tertiary/aromatic N) is 2. The van der Waals surface area contributed by atoms with Crippen LogP contribution in [-0.4, -0.2) is 29.5 Å². The van der Waals surface area contributed by atoms with Crippen molar-refractivity contribution in [2.45, 2.75) is 19.8 Å². The third-order valence-corrected chi connectivity index (χ3v) is 4.01. The smallest absolute Gasteiger partial charge is 0.241 e. The van der Waals surface area contributed by atoms with Crippen LogP contribution in [0.5, 0.6) is 5.88 Å². The molecule has 0 fully saturated rings. The van der Waals surface area contributed by atoms with Gasteiger partial charge in [-0.3, -0.25) is 0 Å². The van der Waals surface area contributed by atoms with E-state index < -0.39 is 0 Å². The van der Waals surface area contributed by atoms with Crippen LogP contribution >= 0.6 is 0 Å². The minimum Gasteiger partial charge on any atom is -0.475 e. The standard InChI is InChI=1S/C21H25N3O/c1-2-3-14-22-15-16-25-21-20(18-10-6-4-7-11-18)17-24(23-21)19-12-8-5-9-13-19/h4-13,17,22H,2-3,14-16H2,1H3. The first-order chi connectivity index (χ1) is 12.4. The van der Waals surface area contributed by atoms with Crippen molar-refractivity contribution in [3.05, 3.63) is 66.9 Å². The summed E-state index contributed by atoms with van der Waals surface area (Å²) in [5.74, 6) is 0.673. The Hall–Kier alpha value is -2.59. The molecule has 0 aliphatic heterocycles. The fourth-order valence-corrected chi connectivity index (χ4v) is 2.64.